The van der Waals surface area contributed by atoms with Crippen LogP contribution in [0.3, 0.4) is 0 Å². The lowest BCUT2D eigenvalue weighted by Crippen LogP contribution is -2.22. The van der Waals surface area contributed by atoms with E-state index in [2.05, 4.69) is 10.1 Å². The van der Waals surface area contributed by atoms with Crippen LogP contribution in [-0.2, 0) is 5.41 Å². The van der Waals surface area contributed by atoms with Gasteiger partial charge < -0.3 is 14.8 Å². The van der Waals surface area contributed by atoms with Crippen molar-refractivity contribution in [3.63, 3.8) is 0 Å². The Morgan fingerprint density at radius 3 is 2.30 bits per heavy atom. The molecule has 9 heteroatoms. The standard InChI is InChI=1S/C28H25ClF3NO3S/c1-16(2)35-22-12-19(13-23(15-22)36-28(30,31)32)27(3,4)18-10-20(29)14-21(11-18)33-26(34)25-9-17-7-5-6-8-24(17)37-25/h5-16H,1-4H3,(H,33,34). The Bertz CT molecular complexity index is 1410. The SMILES string of the molecule is CC(C)Oc1cc(OC(F)(F)F)cc(C(C)(C)c2cc(Cl)cc(NC(=O)c3cc4ccccc4s3)c2)c1. The molecule has 0 aliphatic rings. The fourth-order valence-corrected chi connectivity index (χ4v) is 5.13. The lowest BCUT2D eigenvalue weighted by atomic mass is 9.78. The molecule has 1 heterocycles. The highest BCUT2D eigenvalue weighted by molar-refractivity contribution is 7.20. The van der Waals surface area contributed by atoms with Gasteiger partial charge in [0.25, 0.3) is 5.91 Å². The van der Waals surface area contributed by atoms with Gasteiger partial charge in [0.15, 0.2) is 0 Å². The number of carbonyl (C=O) groups excluding carboxylic acids is 1. The Kier molecular flexibility index (Phi) is 7.44. The number of benzene rings is 3. The van der Waals surface area contributed by atoms with Crippen molar-refractivity contribution >= 4 is 44.6 Å². The van der Waals surface area contributed by atoms with Crippen molar-refractivity contribution in [3.8, 4) is 11.5 Å². The first-order valence-electron chi connectivity index (χ1n) is 11.5. The number of carbonyl (C=O) groups is 1. The van der Waals surface area contributed by atoms with Crippen molar-refractivity contribution < 1.29 is 27.4 Å². The molecule has 1 N–H and O–H groups in total. The van der Waals surface area contributed by atoms with E-state index < -0.39 is 11.8 Å². The minimum Gasteiger partial charge on any atom is -0.491 e. The number of fused-ring (bicyclic) bond motifs is 1. The van der Waals surface area contributed by atoms with E-state index in [1.807, 2.05) is 44.2 Å². The van der Waals surface area contributed by atoms with E-state index in [0.717, 1.165) is 10.1 Å². The number of rotatable bonds is 7. The number of halogens is 4. The average molecular weight is 548 g/mol. The minimum atomic E-state index is -4.85. The maximum Gasteiger partial charge on any atom is 0.573 e. The number of ether oxygens (including phenoxy) is 2. The molecule has 0 fully saturated rings. The normalized spacial score (nSPS) is 12.1. The third kappa shape index (κ3) is 6.56. The molecule has 0 aliphatic heterocycles. The molecule has 4 rings (SSSR count). The molecule has 0 unspecified atom stereocenters. The van der Waals surface area contributed by atoms with Crippen LogP contribution in [0.1, 0.15) is 48.5 Å². The number of thiophene rings is 1. The van der Waals surface area contributed by atoms with E-state index in [-0.39, 0.29) is 23.5 Å². The van der Waals surface area contributed by atoms with Crippen LogP contribution in [-0.4, -0.2) is 18.4 Å². The van der Waals surface area contributed by atoms with Crippen molar-refractivity contribution in [2.45, 2.75) is 45.6 Å². The van der Waals surface area contributed by atoms with Gasteiger partial charge in [0.05, 0.1) is 11.0 Å². The molecule has 0 saturated carbocycles. The monoisotopic (exact) mass is 547 g/mol. The summed E-state index contributed by atoms with van der Waals surface area (Å²) in [6.07, 6.45) is -5.10. The van der Waals surface area contributed by atoms with Crippen LogP contribution < -0.4 is 14.8 Å². The molecule has 4 nitrogen and oxygen atoms in total. The largest absolute Gasteiger partial charge is 0.573 e. The quantitative estimate of drug-likeness (QED) is 0.251. The third-order valence-electron chi connectivity index (χ3n) is 5.73. The van der Waals surface area contributed by atoms with E-state index in [0.29, 0.717) is 26.7 Å². The lowest BCUT2D eigenvalue weighted by molar-refractivity contribution is -0.274. The molecule has 0 saturated heterocycles. The van der Waals surface area contributed by atoms with Gasteiger partial charge in [-0.05, 0) is 72.8 Å². The van der Waals surface area contributed by atoms with E-state index >= 15 is 0 Å². The molecule has 1 aromatic heterocycles. The summed E-state index contributed by atoms with van der Waals surface area (Å²) < 4.78 is 49.9. The van der Waals surface area contributed by atoms with Gasteiger partial charge >= 0.3 is 6.36 Å². The summed E-state index contributed by atoms with van der Waals surface area (Å²) in [6.45, 7) is 7.26. The molecule has 3 aromatic carbocycles. The number of nitrogens with one attached hydrogen (secondary N) is 1. The van der Waals surface area contributed by atoms with Gasteiger partial charge in [-0.2, -0.15) is 0 Å². The first-order chi connectivity index (χ1) is 17.3. The molecular formula is C28H25ClF3NO3S. The molecular weight excluding hydrogens is 523 g/mol. The van der Waals surface area contributed by atoms with Gasteiger partial charge in [-0.3, -0.25) is 4.79 Å². The summed E-state index contributed by atoms with van der Waals surface area (Å²) in [5.41, 5.74) is 0.863. The maximum absolute atomic E-state index is 13.0. The van der Waals surface area contributed by atoms with E-state index in [1.54, 1.807) is 38.1 Å². The zero-order valence-electron chi connectivity index (χ0n) is 20.6. The zero-order valence-corrected chi connectivity index (χ0v) is 22.1. The fraction of sp³-hybridized carbons (Fsp3) is 0.250. The summed E-state index contributed by atoms with van der Waals surface area (Å²) >= 11 is 7.79. The number of amides is 1. The Hall–Kier alpha value is -3.23. The highest BCUT2D eigenvalue weighted by atomic mass is 35.5. The van der Waals surface area contributed by atoms with Gasteiger partial charge in [-0.15, -0.1) is 24.5 Å². The summed E-state index contributed by atoms with van der Waals surface area (Å²) in [5.74, 6) is -0.408. The molecule has 0 radical (unpaired) electrons. The first kappa shape index (κ1) is 26.8. The molecule has 1 amide bonds. The predicted molar refractivity (Wildman–Crippen MR) is 142 cm³/mol. The topological polar surface area (TPSA) is 47.6 Å². The minimum absolute atomic E-state index is 0.250. The highest BCUT2D eigenvalue weighted by Gasteiger charge is 2.33. The molecule has 194 valence electrons. The molecule has 0 atom stereocenters. The second-order valence-electron chi connectivity index (χ2n) is 9.36. The first-order valence-corrected chi connectivity index (χ1v) is 12.7. The number of anilines is 1. The highest BCUT2D eigenvalue weighted by Crippen LogP contribution is 2.39. The molecule has 0 spiro atoms. The van der Waals surface area contributed by atoms with Crippen LogP contribution in [0.5, 0.6) is 11.5 Å². The van der Waals surface area contributed by atoms with E-state index in [9.17, 15) is 18.0 Å². The molecule has 37 heavy (non-hydrogen) atoms. The van der Waals surface area contributed by atoms with Crippen LogP contribution in [0, 0.1) is 0 Å². The van der Waals surface area contributed by atoms with Crippen LogP contribution in [0.4, 0.5) is 18.9 Å². The summed E-state index contributed by atoms with van der Waals surface area (Å²) in [4.78, 5) is 13.5. The van der Waals surface area contributed by atoms with Crippen LogP contribution in [0.2, 0.25) is 5.02 Å². The van der Waals surface area contributed by atoms with Gasteiger partial charge in [0.1, 0.15) is 11.5 Å². The van der Waals surface area contributed by atoms with Crippen molar-refractivity contribution in [1.82, 2.24) is 0 Å². The summed E-state index contributed by atoms with van der Waals surface area (Å²) in [7, 11) is 0. The Labute approximate surface area is 222 Å². The van der Waals surface area contributed by atoms with Crippen LogP contribution in [0.25, 0.3) is 10.1 Å². The number of hydrogen-bond acceptors (Lipinski definition) is 4. The van der Waals surface area contributed by atoms with E-state index in [1.165, 1.54) is 23.5 Å². The molecule has 0 bridgehead atoms. The number of hydrogen-bond donors (Lipinski definition) is 1. The average Bonchev–Trinajstić information content (AvgIpc) is 3.21. The van der Waals surface area contributed by atoms with Crippen molar-refractivity contribution in [2.75, 3.05) is 5.32 Å². The predicted octanol–water partition coefficient (Wildman–Crippen LogP) is 8.82. The van der Waals surface area contributed by atoms with Crippen LogP contribution in [0.15, 0.2) is 66.7 Å². The van der Waals surface area contributed by atoms with Gasteiger partial charge in [0, 0.05) is 26.9 Å². The lowest BCUT2D eigenvalue weighted by Gasteiger charge is -2.28. The van der Waals surface area contributed by atoms with Gasteiger partial charge in [0.2, 0.25) is 0 Å². The Balaban J connectivity index is 1.68. The molecule has 4 aromatic rings. The number of alkyl halides is 3. The maximum atomic E-state index is 13.0. The van der Waals surface area contributed by atoms with Crippen molar-refractivity contribution in [3.05, 3.63) is 87.8 Å². The van der Waals surface area contributed by atoms with Gasteiger partial charge in [-0.1, -0.05) is 43.6 Å². The zero-order chi connectivity index (χ0) is 27.0. The second kappa shape index (κ2) is 10.3. The molecule has 0 aliphatic carbocycles. The third-order valence-corrected chi connectivity index (χ3v) is 7.07. The van der Waals surface area contributed by atoms with E-state index in [4.69, 9.17) is 16.3 Å². The Morgan fingerprint density at radius 1 is 0.946 bits per heavy atom. The van der Waals surface area contributed by atoms with Crippen molar-refractivity contribution in [1.29, 1.82) is 0 Å². The summed E-state index contributed by atoms with van der Waals surface area (Å²) in [6, 6.07) is 18.9. The second-order valence-corrected chi connectivity index (χ2v) is 10.9. The fourth-order valence-electron chi connectivity index (χ4n) is 3.94. The summed E-state index contributed by atoms with van der Waals surface area (Å²) in [5, 5.41) is 4.24. The smallest absolute Gasteiger partial charge is 0.491 e. The van der Waals surface area contributed by atoms with Crippen LogP contribution >= 0.6 is 22.9 Å². The van der Waals surface area contributed by atoms with Crippen molar-refractivity contribution in [2.24, 2.45) is 0 Å². The Morgan fingerprint density at radius 2 is 1.62 bits per heavy atom. The van der Waals surface area contributed by atoms with Gasteiger partial charge in [-0.25, -0.2) is 0 Å².